The van der Waals surface area contributed by atoms with E-state index in [-0.39, 0.29) is 5.91 Å². The molecular weight excluding hydrogens is 144 g/mol. The standard InChI is InChI=1S/C6H10N4O/c7-10-9-5-3-1-2-4-8-6(5)11/h5H,1-4H2,(H,8,11)/t5-/m1/s1. The van der Waals surface area contributed by atoms with E-state index in [0.29, 0.717) is 13.0 Å². The highest BCUT2D eigenvalue weighted by Gasteiger charge is 2.18. The lowest BCUT2D eigenvalue weighted by molar-refractivity contribution is -0.122. The number of carbonyl (C=O) groups is 1. The second kappa shape index (κ2) is 3.83. The zero-order chi connectivity index (χ0) is 8.10. The molecule has 0 radical (unpaired) electrons. The number of azide groups is 1. The van der Waals surface area contributed by atoms with Crippen molar-refractivity contribution in [3.63, 3.8) is 0 Å². The van der Waals surface area contributed by atoms with E-state index in [9.17, 15) is 4.79 Å². The van der Waals surface area contributed by atoms with Crippen molar-refractivity contribution in [1.29, 1.82) is 0 Å². The second-order valence-corrected chi connectivity index (χ2v) is 2.51. The molecule has 1 saturated heterocycles. The lowest BCUT2D eigenvalue weighted by Crippen LogP contribution is -2.31. The smallest absolute Gasteiger partial charge is 0.229 e. The maximum absolute atomic E-state index is 11.0. The maximum atomic E-state index is 11.0. The molecule has 0 aromatic rings. The molecule has 1 heterocycles. The lowest BCUT2D eigenvalue weighted by Gasteiger charge is -2.03. The van der Waals surface area contributed by atoms with Gasteiger partial charge in [0.2, 0.25) is 5.91 Å². The molecule has 0 aromatic carbocycles. The largest absolute Gasteiger partial charge is 0.356 e. The van der Waals surface area contributed by atoms with E-state index in [1.807, 2.05) is 0 Å². The van der Waals surface area contributed by atoms with Crippen LogP contribution < -0.4 is 5.32 Å². The summed E-state index contributed by atoms with van der Waals surface area (Å²) in [5.74, 6) is -0.139. The highest BCUT2D eigenvalue weighted by atomic mass is 16.2. The first-order valence-electron chi connectivity index (χ1n) is 3.66. The van der Waals surface area contributed by atoms with Gasteiger partial charge in [0.1, 0.15) is 6.04 Å². The van der Waals surface area contributed by atoms with Crippen molar-refractivity contribution in [2.45, 2.75) is 25.3 Å². The molecule has 0 aliphatic carbocycles. The Hall–Kier alpha value is -1.22. The van der Waals surface area contributed by atoms with E-state index < -0.39 is 6.04 Å². The summed E-state index contributed by atoms with van der Waals surface area (Å²) in [5, 5.41) is 6.07. The van der Waals surface area contributed by atoms with Crippen LogP contribution in [0.2, 0.25) is 0 Å². The van der Waals surface area contributed by atoms with Gasteiger partial charge in [0.05, 0.1) is 0 Å². The molecule has 0 unspecified atom stereocenters. The van der Waals surface area contributed by atoms with Gasteiger partial charge in [-0.2, -0.15) is 0 Å². The van der Waals surface area contributed by atoms with Crippen molar-refractivity contribution < 1.29 is 4.79 Å². The molecule has 60 valence electrons. The van der Waals surface area contributed by atoms with Crippen LogP contribution in [0.25, 0.3) is 10.4 Å². The summed E-state index contributed by atoms with van der Waals surface area (Å²) >= 11 is 0. The van der Waals surface area contributed by atoms with Gasteiger partial charge in [0.15, 0.2) is 0 Å². The van der Waals surface area contributed by atoms with Crippen molar-refractivity contribution in [2.75, 3.05) is 6.54 Å². The number of nitrogens with zero attached hydrogens (tertiary/aromatic N) is 3. The van der Waals surface area contributed by atoms with Gasteiger partial charge in [-0.15, -0.1) is 0 Å². The van der Waals surface area contributed by atoms with Gasteiger partial charge in [-0.25, -0.2) is 0 Å². The summed E-state index contributed by atoms with van der Waals surface area (Å²) in [5.41, 5.74) is 8.11. The van der Waals surface area contributed by atoms with Crippen LogP contribution in [0.5, 0.6) is 0 Å². The Bertz CT molecular complexity index is 197. The average Bonchev–Trinajstić information content (AvgIpc) is 2.18. The summed E-state index contributed by atoms with van der Waals surface area (Å²) < 4.78 is 0. The molecule has 1 rings (SSSR count). The minimum Gasteiger partial charge on any atom is -0.356 e. The number of nitrogens with one attached hydrogen (secondary N) is 1. The zero-order valence-electron chi connectivity index (χ0n) is 6.16. The fourth-order valence-corrected chi connectivity index (χ4v) is 1.10. The fourth-order valence-electron chi connectivity index (χ4n) is 1.10. The third-order valence-corrected chi connectivity index (χ3v) is 1.70. The van der Waals surface area contributed by atoms with Crippen LogP contribution in [0.3, 0.4) is 0 Å². The molecule has 0 aromatic heterocycles. The Morgan fingerprint density at radius 3 is 3.18 bits per heavy atom. The van der Waals surface area contributed by atoms with E-state index in [2.05, 4.69) is 15.3 Å². The van der Waals surface area contributed by atoms with Gasteiger partial charge >= 0.3 is 0 Å². The van der Waals surface area contributed by atoms with Crippen LogP contribution >= 0.6 is 0 Å². The summed E-state index contributed by atoms with van der Waals surface area (Å²) in [6.45, 7) is 0.705. The fraction of sp³-hybridized carbons (Fsp3) is 0.833. The molecule has 1 N–H and O–H groups in total. The van der Waals surface area contributed by atoms with E-state index >= 15 is 0 Å². The van der Waals surface area contributed by atoms with Gasteiger partial charge < -0.3 is 5.32 Å². The first-order valence-corrected chi connectivity index (χ1v) is 3.66. The minimum absolute atomic E-state index is 0.139. The molecule has 1 aliphatic rings. The third kappa shape index (κ3) is 2.13. The van der Waals surface area contributed by atoms with Crippen molar-refractivity contribution in [2.24, 2.45) is 5.11 Å². The number of hydrogen-bond donors (Lipinski definition) is 1. The first-order chi connectivity index (χ1) is 5.34. The Morgan fingerprint density at radius 2 is 2.45 bits per heavy atom. The van der Waals surface area contributed by atoms with Gasteiger partial charge in [0, 0.05) is 11.5 Å². The average molecular weight is 154 g/mol. The monoisotopic (exact) mass is 154 g/mol. The van der Waals surface area contributed by atoms with Gasteiger partial charge in [0.25, 0.3) is 0 Å². The minimum atomic E-state index is -0.484. The Kier molecular flexibility index (Phi) is 2.74. The molecule has 5 heteroatoms. The molecule has 0 bridgehead atoms. The van der Waals surface area contributed by atoms with Crippen molar-refractivity contribution in [3.05, 3.63) is 10.4 Å². The van der Waals surface area contributed by atoms with Crippen LogP contribution in [-0.4, -0.2) is 18.5 Å². The van der Waals surface area contributed by atoms with Gasteiger partial charge in [-0.3, -0.25) is 4.79 Å². The number of amides is 1. The van der Waals surface area contributed by atoms with Crippen LogP contribution in [0.1, 0.15) is 19.3 Å². The molecule has 0 saturated carbocycles. The predicted molar refractivity (Wildman–Crippen MR) is 39.8 cm³/mol. The van der Waals surface area contributed by atoms with Crippen molar-refractivity contribution in [1.82, 2.24) is 5.32 Å². The Morgan fingerprint density at radius 1 is 1.64 bits per heavy atom. The quantitative estimate of drug-likeness (QED) is 0.341. The van der Waals surface area contributed by atoms with Gasteiger partial charge in [-0.05, 0) is 18.4 Å². The molecule has 1 aliphatic heterocycles. The highest BCUT2D eigenvalue weighted by Crippen LogP contribution is 2.08. The lowest BCUT2D eigenvalue weighted by atomic mass is 10.1. The number of hydrogen-bond acceptors (Lipinski definition) is 2. The number of rotatable bonds is 1. The summed E-state index contributed by atoms with van der Waals surface area (Å²) in [7, 11) is 0. The molecule has 5 nitrogen and oxygen atoms in total. The van der Waals surface area contributed by atoms with Crippen molar-refractivity contribution >= 4 is 5.91 Å². The summed E-state index contributed by atoms with van der Waals surface area (Å²) in [4.78, 5) is 13.6. The topological polar surface area (TPSA) is 77.9 Å². The van der Waals surface area contributed by atoms with Crippen LogP contribution in [0.15, 0.2) is 5.11 Å². The van der Waals surface area contributed by atoms with Crippen LogP contribution in [0, 0.1) is 0 Å². The first kappa shape index (κ1) is 7.88. The van der Waals surface area contributed by atoms with Crippen LogP contribution in [-0.2, 0) is 4.79 Å². The molecule has 1 fully saturated rings. The predicted octanol–water partition coefficient (Wildman–Crippen LogP) is 0.965. The highest BCUT2D eigenvalue weighted by molar-refractivity contribution is 5.82. The summed E-state index contributed by atoms with van der Waals surface area (Å²) in [6, 6.07) is -0.484. The normalized spacial score (nSPS) is 24.7. The molecule has 1 amide bonds. The second-order valence-electron chi connectivity index (χ2n) is 2.51. The molecule has 1 atom stereocenters. The molecule has 11 heavy (non-hydrogen) atoms. The molecule has 0 spiro atoms. The van der Waals surface area contributed by atoms with E-state index in [1.165, 1.54) is 0 Å². The Balaban J connectivity index is 2.59. The van der Waals surface area contributed by atoms with Crippen LogP contribution in [0.4, 0.5) is 0 Å². The van der Waals surface area contributed by atoms with E-state index in [0.717, 1.165) is 12.8 Å². The third-order valence-electron chi connectivity index (χ3n) is 1.70. The van der Waals surface area contributed by atoms with Gasteiger partial charge in [-0.1, -0.05) is 11.5 Å². The van der Waals surface area contributed by atoms with Crippen molar-refractivity contribution in [3.8, 4) is 0 Å². The zero-order valence-corrected chi connectivity index (χ0v) is 6.16. The van der Waals surface area contributed by atoms with E-state index in [4.69, 9.17) is 5.53 Å². The maximum Gasteiger partial charge on any atom is 0.229 e. The number of carbonyl (C=O) groups excluding carboxylic acids is 1. The summed E-state index contributed by atoms with van der Waals surface area (Å²) in [6.07, 6.45) is 2.60. The SMILES string of the molecule is [N-]=[N+]=N[C@@H]1CCCCNC1=O. The van der Waals surface area contributed by atoms with E-state index in [1.54, 1.807) is 0 Å². The molecular formula is C6H10N4O. The Labute approximate surface area is 64.4 Å².